The van der Waals surface area contributed by atoms with Gasteiger partial charge in [-0.3, -0.25) is 0 Å². The van der Waals surface area contributed by atoms with Crippen LogP contribution >= 0.6 is 50.5 Å². The predicted octanol–water partition coefficient (Wildman–Crippen LogP) is 4.83. The molecule has 0 amide bonds. The fourth-order valence-corrected chi connectivity index (χ4v) is 3.14. The summed E-state index contributed by atoms with van der Waals surface area (Å²) in [7, 11) is 1.59. The maximum absolute atomic E-state index is 6.01. The SMILES string of the molecule is COc1cc(NCc2cnc(Cl)s2)c(Br)cc1Cl. The van der Waals surface area contributed by atoms with Crippen molar-refractivity contribution in [2.24, 2.45) is 0 Å². The number of halogens is 3. The van der Waals surface area contributed by atoms with E-state index in [1.54, 1.807) is 19.4 Å². The van der Waals surface area contributed by atoms with Crippen LogP contribution < -0.4 is 10.1 Å². The smallest absolute Gasteiger partial charge is 0.183 e. The number of rotatable bonds is 4. The number of ether oxygens (including phenoxy) is 1. The summed E-state index contributed by atoms with van der Waals surface area (Å²) in [5, 5.41) is 3.84. The van der Waals surface area contributed by atoms with Crippen molar-refractivity contribution in [3.63, 3.8) is 0 Å². The van der Waals surface area contributed by atoms with E-state index in [0.717, 1.165) is 15.0 Å². The third kappa shape index (κ3) is 3.29. The van der Waals surface area contributed by atoms with Crippen LogP contribution in [0.3, 0.4) is 0 Å². The van der Waals surface area contributed by atoms with E-state index in [1.165, 1.54) is 11.3 Å². The molecule has 0 aliphatic heterocycles. The first kappa shape index (κ1) is 13.9. The van der Waals surface area contributed by atoms with E-state index in [1.807, 2.05) is 6.07 Å². The lowest BCUT2D eigenvalue weighted by atomic mass is 10.3. The Bertz CT molecular complexity index is 562. The van der Waals surface area contributed by atoms with Crippen LogP contribution in [0.1, 0.15) is 4.88 Å². The molecule has 2 rings (SSSR count). The summed E-state index contributed by atoms with van der Waals surface area (Å²) < 4.78 is 6.59. The fraction of sp³-hybridized carbons (Fsp3) is 0.182. The lowest BCUT2D eigenvalue weighted by molar-refractivity contribution is 0.415. The Labute approximate surface area is 127 Å². The van der Waals surface area contributed by atoms with E-state index in [2.05, 4.69) is 26.2 Å². The minimum Gasteiger partial charge on any atom is -0.495 e. The van der Waals surface area contributed by atoms with Gasteiger partial charge in [-0.05, 0) is 22.0 Å². The molecule has 1 N–H and O–H groups in total. The molecule has 0 bridgehead atoms. The molecule has 0 unspecified atom stereocenters. The second-order valence-corrected chi connectivity index (χ2v) is 6.36. The van der Waals surface area contributed by atoms with E-state index in [0.29, 0.717) is 21.8 Å². The van der Waals surface area contributed by atoms with Crippen molar-refractivity contribution < 1.29 is 4.74 Å². The maximum Gasteiger partial charge on any atom is 0.183 e. The first-order chi connectivity index (χ1) is 8.60. The molecule has 0 atom stereocenters. The number of hydrogen-bond acceptors (Lipinski definition) is 4. The van der Waals surface area contributed by atoms with Gasteiger partial charge in [-0.25, -0.2) is 4.98 Å². The van der Waals surface area contributed by atoms with E-state index >= 15 is 0 Å². The molecule has 0 fully saturated rings. The molecule has 0 aliphatic rings. The number of nitrogens with zero attached hydrogens (tertiary/aromatic N) is 1. The summed E-state index contributed by atoms with van der Waals surface area (Å²) in [4.78, 5) is 5.04. The second kappa shape index (κ2) is 6.10. The largest absolute Gasteiger partial charge is 0.495 e. The monoisotopic (exact) mass is 366 g/mol. The van der Waals surface area contributed by atoms with Crippen LogP contribution in [0.15, 0.2) is 22.8 Å². The van der Waals surface area contributed by atoms with Crippen molar-refractivity contribution in [1.82, 2.24) is 4.98 Å². The molecule has 18 heavy (non-hydrogen) atoms. The first-order valence-corrected chi connectivity index (χ1v) is 7.34. The van der Waals surface area contributed by atoms with Crippen molar-refractivity contribution in [1.29, 1.82) is 0 Å². The van der Waals surface area contributed by atoms with Gasteiger partial charge in [-0.1, -0.05) is 23.2 Å². The van der Waals surface area contributed by atoms with Crippen LogP contribution in [-0.2, 0) is 6.54 Å². The Balaban J connectivity index is 2.13. The van der Waals surface area contributed by atoms with Crippen molar-refractivity contribution in [2.75, 3.05) is 12.4 Å². The van der Waals surface area contributed by atoms with Crippen LogP contribution in [0.4, 0.5) is 5.69 Å². The summed E-state index contributed by atoms with van der Waals surface area (Å²) in [5.74, 6) is 0.629. The van der Waals surface area contributed by atoms with Crippen LogP contribution in [-0.4, -0.2) is 12.1 Å². The molecule has 0 aliphatic carbocycles. The highest BCUT2D eigenvalue weighted by molar-refractivity contribution is 9.10. The molecule has 96 valence electrons. The van der Waals surface area contributed by atoms with Crippen LogP contribution in [0, 0.1) is 0 Å². The minimum absolute atomic E-state index is 0.541. The highest BCUT2D eigenvalue weighted by Crippen LogP contribution is 2.34. The van der Waals surface area contributed by atoms with Crippen molar-refractivity contribution >= 4 is 56.2 Å². The van der Waals surface area contributed by atoms with E-state index in [9.17, 15) is 0 Å². The van der Waals surface area contributed by atoms with Gasteiger partial charge in [0.1, 0.15) is 5.75 Å². The molecule has 1 aromatic carbocycles. The second-order valence-electron chi connectivity index (χ2n) is 3.40. The zero-order valence-corrected chi connectivity index (χ0v) is 13.3. The van der Waals surface area contributed by atoms with Gasteiger partial charge in [0.25, 0.3) is 0 Å². The van der Waals surface area contributed by atoms with Crippen LogP contribution in [0.2, 0.25) is 9.49 Å². The summed E-state index contributed by atoms with van der Waals surface area (Å²) in [6.07, 6.45) is 1.75. The summed E-state index contributed by atoms with van der Waals surface area (Å²) in [6.45, 7) is 0.647. The topological polar surface area (TPSA) is 34.1 Å². The molecule has 2 aromatic rings. The molecule has 3 nitrogen and oxygen atoms in total. The number of aromatic nitrogens is 1. The van der Waals surface area contributed by atoms with E-state index < -0.39 is 0 Å². The van der Waals surface area contributed by atoms with E-state index in [4.69, 9.17) is 27.9 Å². The van der Waals surface area contributed by atoms with Crippen LogP contribution in [0.5, 0.6) is 5.75 Å². The lowest BCUT2D eigenvalue weighted by Crippen LogP contribution is -1.99. The van der Waals surface area contributed by atoms with Gasteiger partial charge in [0.15, 0.2) is 4.47 Å². The van der Waals surface area contributed by atoms with Gasteiger partial charge in [-0.15, -0.1) is 11.3 Å². The Morgan fingerprint density at radius 2 is 2.22 bits per heavy atom. The van der Waals surface area contributed by atoms with Gasteiger partial charge in [0, 0.05) is 21.6 Å². The Morgan fingerprint density at radius 3 is 2.83 bits per heavy atom. The number of methoxy groups -OCH3 is 1. The minimum atomic E-state index is 0.541. The Hall–Kier alpha value is -0.490. The van der Waals surface area contributed by atoms with Gasteiger partial charge in [0.05, 0.1) is 24.4 Å². The molecular weight excluding hydrogens is 359 g/mol. The average molecular weight is 368 g/mol. The first-order valence-electron chi connectivity index (χ1n) is 4.97. The highest BCUT2D eigenvalue weighted by Gasteiger charge is 2.08. The van der Waals surface area contributed by atoms with Gasteiger partial charge >= 0.3 is 0 Å². The Morgan fingerprint density at radius 1 is 1.44 bits per heavy atom. The zero-order chi connectivity index (χ0) is 13.1. The average Bonchev–Trinajstić information content (AvgIpc) is 2.74. The zero-order valence-electron chi connectivity index (χ0n) is 9.34. The third-order valence-electron chi connectivity index (χ3n) is 2.22. The number of anilines is 1. The van der Waals surface area contributed by atoms with Crippen LogP contribution in [0.25, 0.3) is 0 Å². The van der Waals surface area contributed by atoms with Crippen molar-refractivity contribution in [2.45, 2.75) is 6.54 Å². The summed E-state index contributed by atoms with van der Waals surface area (Å²) >= 11 is 16.7. The molecule has 0 spiro atoms. The summed E-state index contributed by atoms with van der Waals surface area (Å²) in [6, 6.07) is 3.64. The highest BCUT2D eigenvalue weighted by atomic mass is 79.9. The molecule has 1 aromatic heterocycles. The Kier molecular flexibility index (Phi) is 4.72. The third-order valence-corrected chi connectivity index (χ3v) is 4.29. The molecule has 0 radical (unpaired) electrons. The molecule has 1 heterocycles. The van der Waals surface area contributed by atoms with E-state index in [-0.39, 0.29) is 0 Å². The lowest BCUT2D eigenvalue weighted by Gasteiger charge is -2.10. The van der Waals surface area contributed by atoms with Crippen molar-refractivity contribution in [3.8, 4) is 5.75 Å². The number of hydrogen-bond donors (Lipinski definition) is 1. The van der Waals surface area contributed by atoms with Crippen molar-refractivity contribution in [3.05, 3.63) is 37.2 Å². The number of thiazole rings is 1. The fourth-order valence-electron chi connectivity index (χ4n) is 1.37. The van der Waals surface area contributed by atoms with Gasteiger partial charge < -0.3 is 10.1 Å². The maximum atomic E-state index is 6.01. The summed E-state index contributed by atoms with van der Waals surface area (Å²) in [5.41, 5.74) is 0.903. The standard InChI is InChI=1S/C11H9BrCl2N2OS/c1-17-10-3-9(7(12)2-8(10)13)15-4-6-5-16-11(14)18-6/h2-3,5,15H,4H2,1H3. The molecule has 0 saturated heterocycles. The quantitative estimate of drug-likeness (QED) is 0.839. The number of benzene rings is 1. The number of nitrogens with one attached hydrogen (secondary N) is 1. The molecular formula is C11H9BrCl2N2OS. The van der Waals surface area contributed by atoms with Gasteiger partial charge in [0.2, 0.25) is 0 Å². The molecule has 7 heteroatoms. The molecule has 0 saturated carbocycles. The predicted molar refractivity (Wildman–Crippen MR) is 80.2 cm³/mol. The normalized spacial score (nSPS) is 10.4. The van der Waals surface area contributed by atoms with Gasteiger partial charge in [-0.2, -0.15) is 0 Å².